The molecule has 3 aliphatic heterocycles. The van der Waals surface area contributed by atoms with E-state index in [-0.39, 0.29) is 11.9 Å². The second-order valence-electron chi connectivity index (χ2n) is 8.90. The number of piperidine rings is 1. The van der Waals surface area contributed by atoms with Crippen molar-refractivity contribution in [3.63, 3.8) is 0 Å². The molecule has 5 rings (SSSR count). The standard InChI is InChI=1S/C24H30N4O2/c1-16-5-7-20(17-9-12-25-13-10-17)23(27-16)24(29)28-19-6-8-21(28)18(14-19)15-30-22-4-2-3-11-26-22/h2-5,7,11,17-19,21,25H,6,8-10,12-15H2,1H3. The summed E-state index contributed by atoms with van der Waals surface area (Å²) in [4.78, 5) is 24.9. The van der Waals surface area contributed by atoms with Crippen LogP contribution in [0.4, 0.5) is 0 Å². The summed E-state index contributed by atoms with van der Waals surface area (Å²) in [5.41, 5.74) is 2.74. The molecule has 0 aliphatic carbocycles. The molecule has 2 bridgehead atoms. The zero-order chi connectivity index (χ0) is 20.5. The van der Waals surface area contributed by atoms with Gasteiger partial charge in [-0.2, -0.15) is 0 Å². The zero-order valence-corrected chi connectivity index (χ0v) is 17.6. The van der Waals surface area contributed by atoms with Crippen molar-refractivity contribution < 1.29 is 9.53 Å². The van der Waals surface area contributed by atoms with Crippen molar-refractivity contribution in [2.75, 3.05) is 19.7 Å². The smallest absolute Gasteiger partial charge is 0.273 e. The highest BCUT2D eigenvalue weighted by molar-refractivity contribution is 5.95. The van der Waals surface area contributed by atoms with Crippen LogP contribution in [0.3, 0.4) is 0 Å². The number of ether oxygens (including phenoxy) is 1. The lowest BCUT2D eigenvalue weighted by atomic mass is 9.88. The Balaban J connectivity index is 1.34. The van der Waals surface area contributed by atoms with Crippen molar-refractivity contribution in [3.05, 3.63) is 53.5 Å². The van der Waals surface area contributed by atoms with E-state index >= 15 is 0 Å². The van der Waals surface area contributed by atoms with E-state index in [1.807, 2.05) is 25.1 Å². The average Bonchev–Trinajstić information content (AvgIpc) is 3.36. The lowest BCUT2D eigenvalue weighted by Crippen LogP contribution is -2.39. The summed E-state index contributed by atoms with van der Waals surface area (Å²) in [6.07, 6.45) is 7.04. The maximum absolute atomic E-state index is 13.7. The monoisotopic (exact) mass is 406 g/mol. The van der Waals surface area contributed by atoms with E-state index in [0.29, 0.717) is 36.1 Å². The molecule has 5 heterocycles. The molecule has 2 aromatic rings. The van der Waals surface area contributed by atoms with Gasteiger partial charge >= 0.3 is 0 Å². The van der Waals surface area contributed by atoms with Gasteiger partial charge in [0.2, 0.25) is 5.88 Å². The Labute approximate surface area is 178 Å². The number of aromatic nitrogens is 2. The number of pyridine rings is 2. The van der Waals surface area contributed by atoms with Gasteiger partial charge in [-0.15, -0.1) is 0 Å². The van der Waals surface area contributed by atoms with Crippen molar-refractivity contribution in [1.29, 1.82) is 0 Å². The number of nitrogens with zero attached hydrogens (tertiary/aromatic N) is 3. The van der Waals surface area contributed by atoms with Crippen LogP contribution in [0, 0.1) is 12.8 Å². The minimum absolute atomic E-state index is 0.125. The van der Waals surface area contributed by atoms with Crippen LogP contribution in [-0.4, -0.2) is 52.6 Å². The number of amides is 1. The van der Waals surface area contributed by atoms with E-state index < -0.39 is 0 Å². The molecule has 1 N–H and O–H groups in total. The van der Waals surface area contributed by atoms with Crippen molar-refractivity contribution in [3.8, 4) is 5.88 Å². The Morgan fingerprint density at radius 1 is 1.17 bits per heavy atom. The molecular formula is C24H30N4O2. The highest BCUT2D eigenvalue weighted by atomic mass is 16.5. The number of fused-ring (bicyclic) bond motifs is 2. The average molecular weight is 407 g/mol. The van der Waals surface area contributed by atoms with Crippen LogP contribution in [0.15, 0.2) is 36.5 Å². The molecule has 1 amide bonds. The molecule has 3 aliphatic rings. The van der Waals surface area contributed by atoms with Crippen LogP contribution in [0.5, 0.6) is 5.88 Å². The Bertz CT molecular complexity index is 897. The van der Waals surface area contributed by atoms with E-state index in [9.17, 15) is 4.79 Å². The first-order valence-corrected chi connectivity index (χ1v) is 11.3. The van der Waals surface area contributed by atoms with E-state index in [1.54, 1.807) is 6.20 Å². The second kappa shape index (κ2) is 8.34. The summed E-state index contributed by atoms with van der Waals surface area (Å²) in [6.45, 7) is 4.61. The summed E-state index contributed by atoms with van der Waals surface area (Å²) in [5.74, 6) is 1.57. The molecule has 3 fully saturated rings. The third kappa shape index (κ3) is 3.69. The van der Waals surface area contributed by atoms with Gasteiger partial charge in [-0.1, -0.05) is 12.1 Å². The molecule has 6 heteroatoms. The number of carbonyl (C=O) groups is 1. The third-order valence-electron chi connectivity index (χ3n) is 7.03. The minimum atomic E-state index is 0.125. The molecule has 2 aromatic heterocycles. The van der Waals surface area contributed by atoms with Crippen LogP contribution < -0.4 is 10.1 Å². The Hall–Kier alpha value is -2.47. The van der Waals surface area contributed by atoms with Crippen LogP contribution in [0.1, 0.15) is 59.8 Å². The maximum Gasteiger partial charge on any atom is 0.273 e. The number of carbonyl (C=O) groups excluding carboxylic acids is 1. The predicted molar refractivity (Wildman–Crippen MR) is 115 cm³/mol. The lowest BCUT2D eigenvalue weighted by Gasteiger charge is -2.28. The normalized spacial score (nSPS) is 26.2. The van der Waals surface area contributed by atoms with Gasteiger partial charge in [-0.25, -0.2) is 9.97 Å². The summed E-state index contributed by atoms with van der Waals surface area (Å²) in [7, 11) is 0. The molecule has 0 radical (unpaired) electrons. The summed E-state index contributed by atoms with van der Waals surface area (Å²) in [6, 6.07) is 10.5. The quantitative estimate of drug-likeness (QED) is 0.825. The van der Waals surface area contributed by atoms with Crippen molar-refractivity contribution in [2.24, 2.45) is 5.92 Å². The summed E-state index contributed by atoms with van der Waals surface area (Å²) in [5, 5.41) is 3.42. The third-order valence-corrected chi connectivity index (χ3v) is 7.03. The Kier molecular flexibility index (Phi) is 5.42. The molecule has 0 saturated carbocycles. The highest BCUT2D eigenvalue weighted by Gasteiger charge is 2.49. The second-order valence-corrected chi connectivity index (χ2v) is 8.90. The van der Waals surface area contributed by atoms with Gasteiger partial charge in [0.15, 0.2) is 0 Å². The summed E-state index contributed by atoms with van der Waals surface area (Å²) < 4.78 is 5.94. The molecule has 158 valence electrons. The van der Waals surface area contributed by atoms with E-state index in [0.717, 1.165) is 56.5 Å². The van der Waals surface area contributed by atoms with E-state index in [1.165, 1.54) is 0 Å². The number of rotatable bonds is 5. The van der Waals surface area contributed by atoms with Crippen LogP contribution >= 0.6 is 0 Å². The van der Waals surface area contributed by atoms with Crippen LogP contribution in [-0.2, 0) is 0 Å². The van der Waals surface area contributed by atoms with Crippen molar-refractivity contribution in [2.45, 2.75) is 57.0 Å². The van der Waals surface area contributed by atoms with Gasteiger partial charge in [0.05, 0.1) is 6.61 Å². The van der Waals surface area contributed by atoms with Gasteiger partial charge in [-0.05, 0) is 75.7 Å². The Morgan fingerprint density at radius 2 is 2.03 bits per heavy atom. The van der Waals surface area contributed by atoms with Gasteiger partial charge < -0.3 is 15.0 Å². The first-order valence-electron chi connectivity index (χ1n) is 11.3. The van der Waals surface area contributed by atoms with Crippen LogP contribution in [0.25, 0.3) is 0 Å². The number of aryl methyl sites for hydroxylation is 1. The van der Waals surface area contributed by atoms with Gasteiger partial charge in [-0.3, -0.25) is 4.79 Å². The topological polar surface area (TPSA) is 67.4 Å². The van der Waals surface area contributed by atoms with Gasteiger partial charge in [0, 0.05) is 36.0 Å². The molecule has 6 nitrogen and oxygen atoms in total. The molecule has 0 aromatic carbocycles. The highest BCUT2D eigenvalue weighted by Crippen LogP contribution is 2.43. The minimum Gasteiger partial charge on any atom is -0.477 e. The van der Waals surface area contributed by atoms with E-state index in [2.05, 4.69) is 27.3 Å². The molecule has 0 spiro atoms. The first kappa shape index (κ1) is 19.5. The predicted octanol–water partition coefficient (Wildman–Crippen LogP) is 3.32. The largest absolute Gasteiger partial charge is 0.477 e. The molecule has 3 unspecified atom stereocenters. The molecule has 3 atom stereocenters. The molecular weight excluding hydrogens is 376 g/mol. The molecule has 30 heavy (non-hydrogen) atoms. The SMILES string of the molecule is Cc1ccc(C2CCNCC2)c(C(=O)N2C3CCC2C(COc2ccccn2)C3)n1. The van der Waals surface area contributed by atoms with Crippen molar-refractivity contribution in [1.82, 2.24) is 20.2 Å². The Morgan fingerprint density at radius 3 is 2.83 bits per heavy atom. The van der Waals surface area contributed by atoms with Gasteiger partial charge in [0.1, 0.15) is 5.69 Å². The fraction of sp³-hybridized carbons (Fsp3) is 0.542. The lowest BCUT2D eigenvalue weighted by molar-refractivity contribution is 0.0701. The zero-order valence-electron chi connectivity index (χ0n) is 17.6. The van der Waals surface area contributed by atoms with Crippen LogP contribution in [0.2, 0.25) is 0 Å². The maximum atomic E-state index is 13.7. The number of nitrogens with one attached hydrogen (secondary N) is 1. The number of hydrogen-bond acceptors (Lipinski definition) is 5. The number of hydrogen-bond donors (Lipinski definition) is 1. The molecule has 3 saturated heterocycles. The fourth-order valence-electron chi connectivity index (χ4n) is 5.56. The first-order chi connectivity index (χ1) is 14.7. The van der Waals surface area contributed by atoms with Gasteiger partial charge in [0.25, 0.3) is 5.91 Å². The fourth-order valence-corrected chi connectivity index (χ4v) is 5.56. The van der Waals surface area contributed by atoms with Crippen molar-refractivity contribution >= 4 is 5.91 Å². The summed E-state index contributed by atoms with van der Waals surface area (Å²) >= 11 is 0. The van der Waals surface area contributed by atoms with E-state index in [4.69, 9.17) is 9.72 Å².